The van der Waals surface area contributed by atoms with Gasteiger partial charge in [0.1, 0.15) is 18.8 Å². The Morgan fingerprint density at radius 3 is 2.62 bits per heavy atom. The molecular weight excluding hydrogens is 270 g/mol. The Morgan fingerprint density at radius 2 is 1.95 bits per heavy atom. The molecule has 2 heterocycles. The van der Waals surface area contributed by atoms with Crippen LogP contribution in [0.4, 0.5) is 5.95 Å². The molecule has 1 saturated carbocycles. The Labute approximate surface area is 123 Å². The lowest BCUT2D eigenvalue weighted by Crippen LogP contribution is -2.18. The van der Waals surface area contributed by atoms with Gasteiger partial charge in [0.15, 0.2) is 0 Å². The zero-order chi connectivity index (χ0) is 14.5. The summed E-state index contributed by atoms with van der Waals surface area (Å²) in [6.45, 7) is 0. The van der Waals surface area contributed by atoms with Crippen LogP contribution in [0.2, 0.25) is 0 Å². The van der Waals surface area contributed by atoms with Crippen molar-refractivity contribution in [3.8, 4) is 12.0 Å². The lowest BCUT2D eigenvalue weighted by Gasteiger charge is -2.15. The third kappa shape index (κ3) is 3.45. The number of ether oxygens (including phenoxy) is 1. The van der Waals surface area contributed by atoms with E-state index in [1.807, 2.05) is 0 Å². The van der Waals surface area contributed by atoms with E-state index in [0.717, 1.165) is 12.8 Å². The van der Waals surface area contributed by atoms with Crippen LogP contribution in [0.25, 0.3) is 5.95 Å². The van der Waals surface area contributed by atoms with Crippen molar-refractivity contribution in [3.05, 3.63) is 12.7 Å². The third-order valence-corrected chi connectivity index (χ3v) is 3.52. The predicted octanol–water partition coefficient (Wildman–Crippen LogP) is 1.60. The summed E-state index contributed by atoms with van der Waals surface area (Å²) in [5, 5.41) is 6.95. The van der Waals surface area contributed by atoms with Crippen molar-refractivity contribution in [2.75, 3.05) is 12.4 Å². The van der Waals surface area contributed by atoms with E-state index in [9.17, 15) is 0 Å². The third-order valence-electron chi connectivity index (χ3n) is 3.52. The van der Waals surface area contributed by atoms with Crippen molar-refractivity contribution in [3.63, 3.8) is 0 Å². The van der Waals surface area contributed by atoms with Crippen LogP contribution in [0.1, 0.15) is 38.5 Å². The van der Waals surface area contributed by atoms with E-state index < -0.39 is 0 Å². The van der Waals surface area contributed by atoms with Crippen molar-refractivity contribution in [1.29, 1.82) is 0 Å². The molecule has 0 amide bonds. The van der Waals surface area contributed by atoms with Crippen LogP contribution in [0.5, 0.6) is 6.01 Å². The fraction of sp³-hybridized carbons (Fsp3) is 0.615. The van der Waals surface area contributed by atoms with Crippen molar-refractivity contribution in [2.45, 2.75) is 44.6 Å². The zero-order valence-electron chi connectivity index (χ0n) is 12.1. The molecule has 112 valence electrons. The molecule has 0 atom stereocenters. The quantitative estimate of drug-likeness (QED) is 0.855. The van der Waals surface area contributed by atoms with Crippen molar-refractivity contribution >= 4 is 5.95 Å². The Hall–Kier alpha value is -2.25. The number of aromatic nitrogens is 6. The second-order valence-corrected chi connectivity index (χ2v) is 5.06. The van der Waals surface area contributed by atoms with Crippen LogP contribution >= 0.6 is 0 Å². The number of nitrogens with one attached hydrogen (secondary N) is 1. The fourth-order valence-electron chi connectivity index (χ4n) is 2.43. The lowest BCUT2D eigenvalue weighted by molar-refractivity contribution is 0.167. The summed E-state index contributed by atoms with van der Waals surface area (Å²) in [5.41, 5.74) is 0. The average Bonchev–Trinajstić information content (AvgIpc) is 2.93. The Balaban J connectivity index is 1.82. The second kappa shape index (κ2) is 6.47. The van der Waals surface area contributed by atoms with Gasteiger partial charge in [0, 0.05) is 7.05 Å². The highest BCUT2D eigenvalue weighted by Gasteiger charge is 2.17. The molecule has 1 aliphatic carbocycles. The molecule has 2 aromatic heterocycles. The normalized spacial score (nSPS) is 16.4. The molecule has 8 nitrogen and oxygen atoms in total. The summed E-state index contributed by atoms with van der Waals surface area (Å²) in [7, 11) is 1.76. The topological polar surface area (TPSA) is 90.6 Å². The van der Waals surface area contributed by atoms with E-state index in [0.29, 0.717) is 17.9 Å². The van der Waals surface area contributed by atoms with Crippen molar-refractivity contribution in [1.82, 2.24) is 29.7 Å². The van der Waals surface area contributed by atoms with Gasteiger partial charge in [0.05, 0.1) is 0 Å². The number of rotatable bonds is 4. The SMILES string of the molecule is CNc1nc(OC2CCCCCC2)nc(-n2cncn2)n1. The molecule has 0 radical (unpaired) electrons. The fourth-order valence-corrected chi connectivity index (χ4v) is 2.43. The maximum Gasteiger partial charge on any atom is 0.323 e. The van der Waals surface area contributed by atoms with Gasteiger partial charge in [-0.3, -0.25) is 0 Å². The van der Waals surface area contributed by atoms with Gasteiger partial charge in [-0.2, -0.15) is 24.7 Å². The van der Waals surface area contributed by atoms with E-state index in [4.69, 9.17) is 4.74 Å². The van der Waals surface area contributed by atoms with Gasteiger partial charge in [0.25, 0.3) is 5.95 Å². The second-order valence-electron chi connectivity index (χ2n) is 5.06. The largest absolute Gasteiger partial charge is 0.460 e. The minimum Gasteiger partial charge on any atom is -0.460 e. The van der Waals surface area contributed by atoms with Gasteiger partial charge in [-0.15, -0.1) is 0 Å². The first-order valence-corrected chi connectivity index (χ1v) is 7.30. The Morgan fingerprint density at radius 1 is 1.14 bits per heavy atom. The van der Waals surface area contributed by atoms with Gasteiger partial charge in [-0.1, -0.05) is 12.8 Å². The van der Waals surface area contributed by atoms with Gasteiger partial charge in [-0.05, 0) is 25.7 Å². The summed E-state index contributed by atoms with van der Waals surface area (Å²) in [6.07, 6.45) is 10.2. The molecule has 8 heteroatoms. The molecule has 1 aliphatic rings. The van der Waals surface area contributed by atoms with E-state index in [1.54, 1.807) is 13.4 Å². The first kappa shape index (κ1) is 13.7. The summed E-state index contributed by atoms with van der Waals surface area (Å²) >= 11 is 0. The average molecular weight is 289 g/mol. The molecular formula is C13H19N7O. The highest BCUT2D eigenvalue weighted by atomic mass is 16.5. The minimum absolute atomic E-state index is 0.184. The maximum absolute atomic E-state index is 5.95. The number of anilines is 1. The van der Waals surface area contributed by atoms with Crippen molar-refractivity contribution in [2.24, 2.45) is 0 Å². The van der Waals surface area contributed by atoms with E-state index in [2.05, 4.69) is 30.4 Å². The molecule has 0 saturated heterocycles. The standard InChI is InChI=1S/C13H19N7O/c1-14-11-17-12(20-9-15-8-16-20)19-13(18-11)21-10-6-4-2-3-5-7-10/h8-10H,2-7H2,1H3,(H,14,17,18,19). The van der Waals surface area contributed by atoms with Gasteiger partial charge in [-0.25, -0.2) is 4.98 Å². The Kier molecular flexibility index (Phi) is 4.23. The molecule has 1 fully saturated rings. The zero-order valence-corrected chi connectivity index (χ0v) is 12.1. The van der Waals surface area contributed by atoms with Gasteiger partial charge in [0.2, 0.25) is 5.95 Å². The molecule has 2 aromatic rings. The lowest BCUT2D eigenvalue weighted by atomic mass is 10.2. The molecule has 0 aliphatic heterocycles. The van der Waals surface area contributed by atoms with Crippen LogP contribution in [-0.2, 0) is 0 Å². The van der Waals surface area contributed by atoms with Crippen LogP contribution < -0.4 is 10.1 Å². The summed E-state index contributed by atoms with van der Waals surface area (Å²) in [4.78, 5) is 16.7. The first-order valence-electron chi connectivity index (χ1n) is 7.30. The summed E-state index contributed by atoms with van der Waals surface area (Å²) in [6, 6.07) is 0.340. The molecule has 3 rings (SSSR count). The van der Waals surface area contributed by atoms with E-state index >= 15 is 0 Å². The molecule has 21 heavy (non-hydrogen) atoms. The number of hydrogen-bond acceptors (Lipinski definition) is 7. The van der Waals surface area contributed by atoms with Crippen LogP contribution in [-0.4, -0.2) is 42.9 Å². The molecule has 0 bridgehead atoms. The highest BCUT2D eigenvalue weighted by Crippen LogP contribution is 2.21. The van der Waals surface area contributed by atoms with Crippen LogP contribution in [0.15, 0.2) is 12.7 Å². The highest BCUT2D eigenvalue weighted by molar-refractivity contribution is 5.28. The summed E-state index contributed by atoms with van der Waals surface area (Å²) in [5.74, 6) is 0.856. The molecule has 0 aromatic carbocycles. The van der Waals surface area contributed by atoms with Crippen molar-refractivity contribution < 1.29 is 4.74 Å². The van der Waals surface area contributed by atoms with Gasteiger partial charge >= 0.3 is 6.01 Å². The van der Waals surface area contributed by atoms with Gasteiger partial charge < -0.3 is 10.1 Å². The van der Waals surface area contributed by atoms with E-state index in [1.165, 1.54) is 36.7 Å². The number of hydrogen-bond donors (Lipinski definition) is 1. The predicted molar refractivity (Wildman–Crippen MR) is 76.4 cm³/mol. The monoisotopic (exact) mass is 289 g/mol. The number of nitrogens with zero attached hydrogens (tertiary/aromatic N) is 6. The van der Waals surface area contributed by atoms with E-state index in [-0.39, 0.29) is 6.10 Å². The molecule has 0 unspecified atom stereocenters. The smallest absolute Gasteiger partial charge is 0.323 e. The first-order chi connectivity index (χ1) is 10.3. The summed E-state index contributed by atoms with van der Waals surface area (Å²) < 4.78 is 7.44. The van der Waals surface area contributed by atoms with Crippen LogP contribution in [0, 0.1) is 0 Å². The minimum atomic E-state index is 0.184. The molecule has 0 spiro atoms. The van der Waals surface area contributed by atoms with Crippen LogP contribution in [0.3, 0.4) is 0 Å². The maximum atomic E-state index is 5.95. The Bertz CT molecular complexity index is 564. The molecule has 1 N–H and O–H groups in total.